The van der Waals surface area contributed by atoms with Crippen LogP contribution in [0.25, 0.3) is 0 Å². The molecule has 1 heterocycles. The van der Waals surface area contributed by atoms with E-state index in [-0.39, 0.29) is 18.2 Å². The molecule has 2 rings (SSSR count). The molecule has 0 spiro atoms. The van der Waals surface area contributed by atoms with Gasteiger partial charge in [-0.1, -0.05) is 0 Å². The summed E-state index contributed by atoms with van der Waals surface area (Å²) in [5, 5.41) is 15.7. The number of anilines is 1. The van der Waals surface area contributed by atoms with Crippen LogP contribution in [0.15, 0.2) is 29.8 Å². The van der Waals surface area contributed by atoms with E-state index in [1.807, 2.05) is 0 Å². The second-order valence-electron chi connectivity index (χ2n) is 3.82. The van der Waals surface area contributed by atoms with Crippen molar-refractivity contribution in [2.24, 2.45) is 0 Å². The van der Waals surface area contributed by atoms with Gasteiger partial charge in [0.05, 0.1) is 17.1 Å². The summed E-state index contributed by atoms with van der Waals surface area (Å²) in [6.45, 7) is 0.0642. The number of nitrogens with one attached hydrogen (secondary N) is 1. The second-order valence-corrected chi connectivity index (χ2v) is 4.72. The summed E-state index contributed by atoms with van der Waals surface area (Å²) in [7, 11) is 1.44. The molecule has 1 N–H and O–H groups in total. The van der Waals surface area contributed by atoms with E-state index in [1.165, 1.54) is 36.6 Å². The molecule has 0 aliphatic carbocycles. The number of nitrogens with zero attached hydrogens (tertiary/aromatic N) is 2. The van der Waals surface area contributed by atoms with Crippen molar-refractivity contribution in [3.63, 3.8) is 0 Å². The molecule has 1 amide bonds. The number of amides is 1. The Hall–Kier alpha value is -2.32. The number of carbonyl (C=O) groups excluding carboxylic acids is 1. The smallest absolute Gasteiger partial charge is 0.274 e. The Morgan fingerprint density at radius 3 is 2.95 bits per heavy atom. The van der Waals surface area contributed by atoms with Crippen LogP contribution in [0.3, 0.4) is 0 Å². The zero-order valence-electron chi connectivity index (χ0n) is 10.5. The Bertz CT molecular complexity index is 628. The Balaban J connectivity index is 2.26. The fourth-order valence-electron chi connectivity index (χ4n) is 1.63. The van der Waals surface area contributed by atoms with Gasteiger partial charge in [0.15, 0.2) is 5.13 Å². The third kappa shape index (κ3) is 3.16. The Morgan fingerprint density at radius 1 is 1.55 bits per heavy atom. The summed E-state index contributed by atoms with van der Waals surface area (Å²) >= 11 is 1.29. The van der Waals surface area contributed by atoms with E-state index in [0.29, 0.717) is 16.3 Å². The fraction of sp³-hybridized carbons (Fsp3) is 0.167. The zero-order valence-corrected chi connectivity index (χ0v) is 11.3. The average molecular weight is 293 g/mol. The molecule has 0 atom stereocenters. The van der Waals surface area contributed by atoms with Crippen LogP contribution in [-0.4, -0.2) is 22.9 Å². The van der Waals surface area contributed by atoms with Crippen LogP contribution in [0, 0.1) is 10.1 Å². The van der Waals surface area contributed by atoms with Crippen LogP contribution in [0.5, 0.6) is 0 Å². The summed E-state index contributed by atoms with van der Waals surface area (Å²) in [5.74, 6) is -0.368. The number of nitro benzene ring substituents is 1. The van der Waals surface area contributed by atoms with Crippen LogP contribution in [0.4, 0.5) is 10.8 Å². The maximum atomic E-state index is 12.0. The summed E-state index contributed by atoms with van der Waals surface area (Å²) in [5.41, 5.74) is 0.597. The van der Waals surface area contributed by atoms with Crippen molar-refractivity contribution in [3.8, 4) is 0 Å². The second kappa shape index (κ2) is 6.22. The van der Waals surface area contributed by atoms with Gasteiger partial charge in [-0.3, -0.25) is 20.2 Å². The minimum absolute atomic E-state index is 0.0642. The molecule has 0 unspecified atom stereocenters. The van der Waals surface area contributed by atoms with Gasteiger partial charge in [0.25, 0.3) is 11.6 Å². The Kier molecular flexibility index (Phi) is 4.38. The number of methoxy groups -OCH3 is 1. The maximum absolute atomic E-state index is 12.0. The lowest BCUT2D eigenvalue weighted by Crippen LogP contribution is -2.12. The maximum Gasteiger partial charge on any atom is 0.274 e. The third-order valence-corrected chi connectivity index (χ3v) is 3.18. The van der Waals surface area contributed by atoms with Gasteiger partial charge in [0, 0.05) is 30.3 Å². The number of carbonyl (C=O) groups is 1. The van der Waals surface area contributed by atoms with Crippen molar-refractivity contribution in [1.29, 1.82) is 0 Å². The first-order valence-electron chi connectivity index (χ1n) is 5.59. The van der Waals surface area contributed by atoms with Gasteiger partial charge in [-0.2, -0.15) is 0 Å². The van der Waals surface area contributed by atoms with Crippen molar-refractivity contribution >= 4 is 28.1 Å². The monoisotopic (exact) mass is 293 g/mol. The highest BCUT2D eigenvalue weighted by atomic mass is 32.1. The highest BCUT2D eigenvalue weighted by Gasteiger charge is 2.17. The first kappa shape index (κ1) is 14.1. The van der Waals surface area contributed by atoms with Crippen molar-refractivity contribution in [2.45, 2.75) is 6.61 Å². The van der Waals surface area contributed by atoms with Crippen molar-refractivity contribution in [3.05, 3.63) is 51.0 Å². The van der Waals surface area contributed by atoms with Crippen LogP contribution < -0.4 is 5.32 Å². The molecule has 7 nitrogen and oxygen atoms in total. The number of thiazole rings is 1. The molecule has 8 heteroatoms. The van der Waals surface area contributed by atoms with Crippen LogP contribution >= 0.6 is 11.3 Å². The fourth-order valence-corrected chi connectivity index (χ4v) is 2.15. The van der Waals surface area contributed by atoms with E-state index >= 15 is 0 Å². The number of hydrogen-bond donors (Lipinski definition) is 1. The van der Waals surface area contributed by atoms with Crippen LogP contribution in [-0.2, 0) is 11.3 Å². The molecular weight excluding hydrogens is 282 g/mol. The summed E-state index contributed by atoms with van der Waals surface area (Å²) < 4.78 is 4.91. The third-order valence-electron chi connectivity index (χ3n) is 2.49. The van der Waals surface area contributed by atoms with Gasteiger partial charge in [0.2, 0.25) is 0 Å². The summed E-state index contributed by atoms with van der Waals surface area (Å²) in [4.78, 5) is 26.3. The van der Waals surface area contributed by atoms with E-state index in [4.69, 9.17) is 4.74 Å². The number of benzene rings is 1. The topological polar surface area (TPSA) is 94.4 Å². The Morgan fingerprint density at radius 2 is 2.35 bits per heavy atom. The minimum atomic E-state index is -0.503. The van der Waals surface area contributed by atoms with Gasteiger partial charge in [-0.15, -0.1) is 11.3 Å². The number of nitro groups is 1. The molecule has 0 saturated carbocycles. The van der Waals surface area contributed by atoms with E-state index in [2.05, 4.69) is 10.3 Å². The lowest BCUT2D eigenvalue weighted by atomic mass is 10.1. The number of rotatable bonds is 5. The molecule has 1 aromatic heterocycles. The van der Waals surface area contributed by atoms with Gasteiger partial charge < -0.3 is 4.74 Å². The molecule has 1 aromatic carbocycles. The summed E-state index contributed by atoms with van der Waals surface area (Å²) in [6, 6.07) is 4.15. The first-order valence-corrected chi connectivity index (χ1v) is 6.47. The predicted molar refractivity (Wildman–Crippen MR) is 73.9 cm³/mol. The van der Waals surface area contributed by atoms with Gasteiger partial charge in [-0.25, -0.2) is 4.98 Å². The van der Waals surface area contributed by atoms with Crippen LogP contribution in [0.2, 0.25) is 0 Å². The van der Waals surface area contributed by atoms with E-state index in [1.54, 1.807) is 11.6 Å². The first-order chi connectivity index (χ1) is 9.61. The quantitative estimate of drug-likeness (QED) is 0.675. The Labute approximate surface area is 118 Å². The molecule has 20 heavy (non-hydrogen) atoms. The molecule has 0 aliphatic heterocycles. The van der Waals surface area contributed by atoms with Crippen molar-refractivity contribution in [1.82, 2.24) is 4.98 Å². The molecule has 2 aromatic rings. The van der Waals surface area contributed by atoms with Crippen molar-refractivity contribution in [2.75, 3.05) is 12.4 Å². The number of hydrogen-bond acceptors (Lipinski definition) is 6. The molecule has 0 aliphatic rings. The predicted octanol–water partition coefficient (Wildman–Crippen LogP) is 2.45. The normalized spacial score (nSPS) is 10.2. The average Bonchev–Trinajstić information content (AvgIpc) is 2.91. The van der Waals surface area contributed by atoms with Gasteiger partial charge in [-0.05, 0) is 12.1 Å². The van der Waals surface area contributed by atoms with Crippen molar-refractivity contribution < 1.29 is 14.5 Å². The minimum Gasteiger partial charge on any atom is -0.380 e. The van der Waals surface area contributed by atoms with E-state index in [0.717, 1.165) is 0 Å². The largest absolute Gasteiger partial charge is 0.380 e. The van der Waals surface area contributed by atoms with E-state index in [9.17, 15) is 14.9 Å². The highest BCUT2D eigenvalue weighted by Crippen LogP contribution is 2.22. The molecule has 0 fully saturated rings. The zero-order chi connectivity index (χ0) is 14.5. The molecular formula is C12H11N3O4S. The number of ether oxygens (including phenoxy) is 1. The number of aromatic nitrogens is 1. The lowest BCUT2D eigenvalue weighted by molar-refractivity contribution is -0.385. The molecule has 104 valence electrons. The molecule has 0 saturated heterocycles. The summed E-state index contributed by atoms with van der Waals surface area (Å²) in [6.07, 6.45) is 1.58. The van der Waals surface area contributed by atoms with Gasteiger partial charge in [0.1, 0.15) is 0 Å². The molecule has 0 bridgehead atoms. The highest BCUT2D eigenvalue weighted by molar-refractivity contribution is 7.13. The van der Waals surface area contributed by atoms with E-state index < -0.39 is 4.92 Å². The molecule has 0 radical (unpaired) electrons. The standard InChI is InChI=1S/C12H11N3O4S/c1-19-7-9-6-8(2-3-10(9)15(17)18)11(16)14-12-13-4-5-20-12/h2-6H,7H2,1H3,(H,13,14,16). The van der Waals surface area contributed by atoms with Crippen LogP contribution in [0.1, 0.15) is 15.9 Å². The SMILES string of the molecule is COCc1cc(C(=O)Nc2nccs2)ccc1[N+](=O)[O-]. The van der Waals surface area contributed by atoms with Gasteiger partial charge >= 0.3 is 0 Å². The lowest BCUT2D eigenvalue weighted by Gasteiger charge is -2.05.